The summed E-state index contributed by atoms with van der Waals surface area (Å²) < 4.78 is 10.7. The van der Waals surface area contributed by atoms with E-state index in [1.54, 1.807) is 24.3 Å². The minimum absolute atomic E-state index is 0.157. The summed E-state index contributed by atoms with van der Waals surface area (Å²) in [7, 11) is 0. The molecule has 0 aromatic heterocycles. The number of hydrogen-bond acceptors (Lipinski definition) is 4. The highest BCUT2D eigenvalue weighted by Gasteiger charge is 2.20. The number of esters is 2. The van der Waals surface area contributed by atoms with Crippen molar-refractivity contribution in [3.05, 3.63) is 35.4 Å². The highest BCUT2D eigenvalue weighted by molar-refractivity contribution is 6.03. The third kappa shape index (κ3) is 7.16. The molecule has 0 fully saturated rings. The predicted molar refractivity (Wildman–Crippen MR) is 95.3 cm³/mol. The summed E-state index contributed by atoms with van der Waals surface area (Å²) in [5, 5.41) is 0. The normalized spacial score (nSPS) is 11.8. The molecule has 1 unspecified atom stereocenters. The maximum Gasteiger partial charge on any atom is 0.339 e. The van der Waals surface area contributed by atoms with E-state index in [4.69, 9.17) is 9.47 Å². The van der Waals surface area contributed by atoms with Gasteiger partial charge in [-0.05, 0) is 31.9 Å². The van der Waals surface area contributed by atoms with E-state index in [0.717, 1.165) is 44.9 Å². The minimum atomic E-state index is -0.461. The number of unbranched alkanes of at least 4 members (excludes halogenated alkanes) is 4. The minimum Gasteiger partial charge on any atom is -0.462 e. The first kappa shape index (κ1) is 20.2. The van der Waals surface area contributed by atoms with Crippen LogP contribution in [-0.2, 0) is 9.47 Å². The summed E-state index contributed by atoms with van der Waals surface area (Å²) in [5.41, 5.74) is 0.556. The standard InChI is InChI=1S/C20H30O4/c1-4-6-8-11-15-23-19(21)17-13-9-10-14-18(17)20(22)24-16(3)12-7-5-2/h9-10,13-14,16H,4-8,11-12,15H2,1-3H3. The molecule has 1 aromatic rings. The van der Waals surface area contributed by atoms with Crippen LogP contribution in [-0.4, -0.2) is 24.6 Å². The van der Waals surface area contributed by atoms with Crippen molar-refractivity contribution in [2.24, 2.45) is 0 Å². The molecule has 0 aliphatic carbocycles. The lowest BCUT2D eigenvalue weighted by Crippen LogP contribution is -2.18. The molecular formula is C20H30O4. The van der Waals surface area contributed by atoms with Gasteiger partial charge in [-0.3, -0.25) is 0 Å². The first-order valence-electron chi connectivity index (χ1n) is 9.07. The lowest BCUT2D eigenvalue weighted by Gasteiger charge is -2.14. The van der Waals surface area contributed by atoms with E-state index in [9.17, 15) is 9.59 Å². The van der Waals surface area contributed by atoms with E-state index < -0.39 is 11.9 Å². The number of hydrogen-bond donors (Lipinski definition) is 0. The third-order valence-corrected chi connectivity index (χ3v) is 3.87. The summed E-state index contributed by atoms with van der Waals surface area (Å²) in [6.45, 7) is 6.49. The van der Waals surface area contributed by atoms with Gasteiger partial charge in [0.05, 0.1) is 23.8 Å². The second-order valence-electron chi connectivity index (χ2n) is 6.10. The Kier molecular flexibility index (Phi) is 9.81. The molecule has 0 aliphatic rings. The molecule has 0 radical (unpaired) electrons. The van der Waals surface area contributed by atoms with Crippen LogP contribution in [0.2, 0.25) is 0 Å². The molecule has 0 aliphatic heterocycles. The van der Waals surface area contributed by atoms with E-state index in [0.29, 0.717) is 6.61 Å². The average Bonchev–Trinajstić information content (AvgIpc) is 2.59. The predicted octanol–water partition coefficient (Wildman–Crippen LogP) is 5.16. The summed E-state index contributed by atoms with van der Waals surface area (Å²) >= 11 is 0. The number of carbonyl (C=O) groups excluding carboxylic acids is 2. The van der Waals surface area contributed by atoms with Crippen LogP contribution in [0.5, 0.6) is 0 Å². The fourth-order valence-corrected chi connectivity index (χ4v) is 2.41. The molecule has 0 saturated carbocycles. The molecule has 1 rings (SSSR count). The van der Waals surface area contributed by atoms with Gasteiger partial charge in [0.2, 0.25) is 0 Å². The first-order valence-corrected chi connectivity index (χ1v) is 9.07. The SMILES string of the molecule is CCCCCCOC(=O)c1ccccc1C(=O)OC(C)CCCC. The van der Waals surface area contributed by atoms with Crippen LogP contribution in [0, 0.1) is 0 Å². The Balaban J connectivity index is 2.62. The fraction of sp³-hybridized carbons (Fsp3) is 0.600. The lowest BCUT2D eigenvalue weighted by atomic mass is 10.1. The van der Waals surface area contributed by atoms with Crippen molar-refractivity contribution in [2.75, 3.05) is 6.61 Å². The van der Waals surface area contributed by atoms with Gasteiger partial charge in [-0.15, -0.1) is 0 Å². The van der Waals surface area contributed by atoms with Gasteiger partial charge in [0.15, 0.2) is 0 Å². The van der Waals surface area contributed by atoms with Crippen LogP contribution in [0.4, 0.5) is 0 Å². The number of rotatable bonds is 11. The summed E-state index contributed by atoms with van der Waals surface area (Å²) in [6, 6.07) is 6.68. The quantitative estimate of drug-likeness (QED) is 0.414. The molecule has 4 heteroatoms. The zero-order chi connectivity index (χ0) is 17.8. The van der Waals surface area contributed by atoms with Crippen molar-refractivity contribution in [2.45, 2.75) is 71.8 Å². The highest BCUT2D eigenvalue weighted by Crippen LogP contribution is 2.15. The Labute approximate surface area is 145 Å². The maximum atomic E-state index is 12.3. The Morgan fingerprint density at radius 3 is 2.17 bits per heavy atom. The molecule has 24 heavy (non-hydrogen) atoms. The summed E-state index contributed by atoms with van der Waals surface area (Å²) in [4.78, 5) is 24.6. The van der Waals surface area contributed by atoms with Gasteiger partial charge in [0.1, 0.15) is 0 Å². The van der Waals surface area contributed by atoms with Gasteiger partial charge < -0.3 is 9.47 Å². The smallest absolute Gasteiger partial charge is 0.339 e. The monoisotopic (exact) mass is 334 g/mol. The van der Waals surface area contributed by atoms with E-state index in [-0.39, 0.29) is 17.2 Å². The fourth-order valence-electron chi connectivity index (χ4n) is 2.41. The van der Waals surface area contributed by atoms with Crippen LogP contribution in [0.25, 0.3) is 0 Å². The molecule has 134 valence electrons. The topological polar surface area (TPSA) is 52.6 Å². The molecule has 4 nitrogen and oxygen atoms in total. The molecule has 1 aromatic carbocycles. The van der Waals surface area contributed by atoms with Gasteiger partial charge in [-0.2, -0.15) is 0 Å². The molecule has 0 N–H and O–H groups in total. The molecule has 0 spiro atoms. The number of benzene rings is 1. The van der Waals surface area contributed by atoms with Gasteiger partial charge in [0, 0.05) is 0 Å². The van der Waals surface area contributed by atoms with Gasteiger partial charge in [0.25, 0.3) is 0 Å². The van der Waals surface area contributed by atoms with Crippen molar-refractivity contribution < 1.29 is 19.1 Å². The second kappa shape index (κ2) is 11.7. The molecular weight excluding hydrogens is 304 g/mol. The Hall–Kier alpha value is -1.84. The number of carbonyl (C=O) groups is 2. The molecule has 1 atom stereocenters. The molecule has 0 amide bonds. The Morgan fingerprint density at radius 1 is 0.917 bits per heavy atom. The van der Waals surface area contributed by atoms with Crippen molar-refractivity contribution in [1.82, 2.24) is 0 Å². The van der Waals surface area contributed by atoms with Crippen molar-refractivity contribution in [3.63, 3.8) is 0 Å². The van der Waals surface area contributed by atoms with E-state index in [2.05, 4.69) is 13.8 Å². The van der Waals surface area contributed by atoms with Crippen molar-refractivity contribution >= 4 is 11.9 Å². The molecule has 0 heterocycles. The van der Waals surface area contributed by atoms with E-state index >= 15 is 0 Å². The van der Waals surface area contributed by atoms with Gasteiger partial charge >= 0.3 is 11.9 Å². The lowest BCUT2D eigenvalue weighted by molar-refractivity contribution is 0.0308. The van der Waals surface area contributed by atoms with E-state index in [1.807, 2.05) is 6.92 Å². The Bertz CT molecular complexity index is 510. The van der Waals surface area contributed by atoms with Gasteiger partial charge in [-0.25, -0.2) is 9.59 Å². The molecule has 0 saturated heterocycles. The zero-order valence-corrected chi connectivity index (χ0v) is 15.2. The van der Waals surface area contributed by atoms with Crippen molar-refractivity contribution in [1.29, 1.82) is 0 Å². The average molecular weight is 334 g/mol. The summed E-state index contributed by atoms with van der Waals surface area (Å²) in [6.07, 6.45) is 6.90. The van der Waals surface area contributed by atoms with Crippen LogP contribution in [0.1, 0.15) is 86.4 Å². The molecule has 0 bridgehead atoms. The summed E-state index contributed by atoms with van der Waals surface area (Å²) in [5.74, 6) is -0.919. The first-order chi connectivity index (χ1) is 11.6. The second-order valence-corrected chi connectivity index (χ2v) is 6.10. The van der Waals surface area contributed by atoms with Crippen LogP contribution >= 0.6 is 0 Å². The highest BCUT2D eigenvalue weighted by atomic mass is 16.5. The zero-order valence-electron chi connectivity index (χ0n) is 15.2. The van der Waals surface area contributed by atoms with Gasteiger partial charge in [-0.1, -0.05) is 58.1 Å². The number of ether oxygens (including phenoxy) is 2. The van der Waals surface area contributed by atoms with E-state index in [1.165, 1.54) is 0 Å². The largest absolute Gasteiger partial charge is 0.462 e. The van der Waals surface area contributed by atoms with Crippen molar-refractivity contribution in [3.8, 4) is 0 Å². The maximum absolute atomic E-state index is 12.3. The van der Waals surface area contributed by atoms with Crippen LogP contribution < -0.4 is 0 Å². The Morgan fingerprint density at radius 2 is 1.54 bits per heavy atom. The van der Waals surface area contributed by atoms with Crippen LogP contribution in [0.15, 0.2) is 24.3 Å². The van der Waals surface area contributed by atoms with Crippen LogP contribution in [0.3, 0.4) is 0 Å². The third-order valence-electron chi connectivity index (χ3n) is 3.87.